The van der Waals surface area contributed by atoms with Crippen LogP contribution in [-0.4, -0.2) is 34.7 Å². The Balaban J connectivity index is 0.000000989. The Morgan fingerprint density at radius 1 is 1.00 bits per heavy atom. The van der Waals surface area contributed by atoms with E-state index in [0.717, 1.165) is 5.46 Å². The fourth-order valence-electron chi connectivity index (χ4n) is 2.69. The summed E-state index contributed by atoms with van der Waals surface area (Å²) in [5.41, 5.74) is 1.43. The number of hydrogen-bond acceptors (Lipinski definition) is 4. The van der Waals surface area contributed by atoms with Gasteiger partial charge >= 0.3 is 7.12 Å². The smallest absolute Gasteiger partial charge is 0.399 e. The van der Waals surface area contributed by atoms with Gasteiger partial charge in [0.25, 0.3) is 0 Å². The highest BCUT2D eigenvalue weighted by Crippen LogP contribution is 2.36. The Kier molecular flexibility index (Phi) is 10.1. The largest absolute Gasteiger partial charge is 0.498 e. The standard InChI is InChI=1S/C19H27BN2O3.2C2H6/c1-15(13-23-14-16-9-7-6-8-10-16)22-12-17(11-21-22)20-24-18(2,3)19(4,5)25-20;2*1-2/h6-12,15H,13-14H2,1-5H3;2*1-2H3. The van der Waals surface area contributed by atoms with Crippen molar-refractivity contribution in [1.29, 1.82) is 0 Å². The van der Waals surface area contributed by atoms with Crippen LogP contribution in [0, 0.1) is 0 Å². The lowest BCUT2D eigenvalue weighted by Gasteiger charge is -2.32. The van der Waals surface area contributed by atoms with E-state index in [-0.39, 0.29) is 24.4 Å². The molecule has 162 valence electrons. The molecule has 0 amide bonds. The van der Waals surface area contributed by atoms with Gasteiger partial charge in [-0.05, 0) is 40.2 Å². The van der Waals surface area contributed by atoms with E-state index < -0.39 is 0 Å². The van der Waals surface area contributed by atoms with Gasteiger partial charge in [-0.3, -0.25) is 4.68 Å². The highest BCUT2D eigenvalue weighted by atomic mass is 16.7. The number of benzene rings is 1. The molecular weight excluding hydrogens is 363 g/mol. The van der Waals surface area contributed by atoms with E-state index in [0.29, 0.717) is 13.2 Å². The first-order valence-electron chi connectivity index (χ1n) is 10.8. The van der Waals surface area contributed by atoms with Crippen LogP contribution in [0.3, 0.4) is 0 Å². The Morgan fingerprint density at radius 3 is 2.10 bits per heavy atom. The molecule has 0 bridgehead atoms. The number of hydrogen-bond donors (Lipinski definition) is 0. The summed E-state index contributed by atoms with van der Waals surface area (Å²) in [5.74, 6) is 0. The van der Waals surface area contributed by atoms with Crippen molar-refractivity contribution in [2.24, 2.45) is 0 Å². The van der Waals surface area contributed by atoms with Gasteiger partial charge in [-0.25, -0.2) is 0 Å². The lowest BCUT2D eigenvalue weighted by atomic mass is 9.82. The van der Waals surface area contributed by atoms with Crippen LogP contribution in [0.1, 0.15) is 73.9 Å². The summed E-state index contributed by atoms with van der Waals surface area (Å²) in [6.07, 6.45) is 3.80. The van der Waals surface area contributed by atoms with Crippen molar-refractivity contribution in [3.05, 3.63) is 48.3 Å². The molecule has 0 N–H and O–H groups in total. The number of ether oxygens (including phenoxy) is 1. The molecule has 0 aliphatic carbocycles. The van der Waals surface area contributed by atoms with E-state index in [4.69, 9.17) is 14.0 Å². The van der Waals surface area contributed by atoms with Crippen LogP contribution in [0.25, 0.3) is 0 Å². The summed E-state index contributed by atoms with van der Waals surface area (Å²) in [6, 6.07) is 10.3. The quantitative estimate of drug-likeness (QED) is 0.637. The zero-order chi connectivity index (χ0) is 22.1. The van der Waals surface area contributed by atoms with Gasteiger partial charge in [0.1, 0.15) is 0 Å². The lowest BCUT2D eigenvalue weighted by molar-refractivity contribution is 0.00578. The van der Waals surface area contributed by atoms with Crippen molar-refractivity contribution in [3.8, 4) is 0 Å². The third-order valence-electron chi connectivity index (χ3n) is 5.07. The molecule has 6 heteroatoms. The maximum absolute atomic E-state index is 6.08. The van der Waals surface area contributed by atoms with Gasteiger partial charge in [0.2, 0.25) is 0 Å². The van der Waals surface area contributed by atoms with Crippen LogP contribution >= 0.6 is 0 Å². The molecule has 3 rings (SSSR count). The van der Waals surface area contributed by atoms with E-state index in [1.807, 2.05) is 63.0 Å². The molecule has 5 nitrogen and oxygen atoms in total. The lowest BCUT2D eigenvalue weighted by Crippen LogP contribution is -2.41. The van der Waals surface area contributed by atoms with Gasteiger partial charge in [0.05, 0.1) is 30.5 Å². The van der Waals surface area contributed by atoms with E-state index in [2.05, 4.69) is 51.9 Å². The summed E-state index contributed by atoms with van der Waals surface area (Å²) in [4.78, 5) is 0. The van der Waals surface area contributed by atoms with Gasteiger partial charge in [-0.1, -0.05) is 58.0 Å². The molecule has 1 aromatic carbocycles. The molecule has 1 aliphatic rings. The van der Waals surface area contributed by atoms with Crippen LogP contribution in [0.5, 0.6) is 0 Å². The molecular formula is C23H39BN2O3. The Bertz CT molecular complexity index is 685. The average molecular weight is 402 g/mol. The Morgan fingerprint density at radius 2 is 1.55 bits per heavy atom. The molecule has 29 heavy (non-hydrogen) atoms. The van der Waals surface area contributed by atoms with Gasteiger partial charge in [0, 0.05) is 17.9 Å². The van der Waals surface area contributed by atoms with E-state index in [9.17, 15) is 0 Å². The minimum Gasteiger partial charge on any atom is -0.399 e. The maximum atomic E-state index is 6.08. The van der Waals surface area contributed by atoms with Crippen molar-refractivity contribution >= 4 is 12.6 Å². The van der Waals surface area contributed by atoms with Gasteiger partial charge in [-0.2, -0.15) is 5.10 Å². The minimum atomic E-state index is -0.379. The maximum Gasteiger partial charge on any atom is 0.498 e. The normalized spacial score (nSPS) is 17.6. The molecule has 1 aromatic heterocycles. The molecule has 1 aliphatic heterocycles. The summed E-state index contributed by atoms with van der Waals surface area (Å²) >= 11 is 0. The van der Waals surface area contributed by atoms with Crippen LogP contribution in [0.4, 0.5) is 0 Å². The highest BCUT2D eigenvalue weighted by Gasteiger charge is 2.52. The van der Waals surface area contributed by atoms with Crippen LogP contribution < -0.4 is 5.46 Å². The van der Waals surface area contributed by atoms with Crippen molar-refractivity contribution in [2.75, 3.05) is 6.61 Å². The van der Waals surface area contributed by atoms with Crippen molar-refractivity contribution in [1.82, 2.24) is 9.78 Å². The number of rotatable bonds is 6. The Hall–Kier alpha value is -1.63. The SMILES string of the molecule is CC.CC.CC(COCc1ccccc1)n1cc(B2OC(C)(C)C(C)(C)O2)cn1. The zero-order valence-corrected chi connectivity index (χ0v) is 19.7. The van der Waals surface area contributed by atoms with E-state index >= 15 is 0 Å². The zero-order valence-electron chi connectivity index (χ0n) is 19.7. The second-order valence-electron chi connectivity index (χ2n) is 7.69. The predicted octanol–water partition coefficient (Wildman–Crippen LogP) is 5.01. The summed E-state index contributed by atoms with van der Waals surface area (Å²) < 4.78 is 19.9. The number of nitrogens with zero attached hydrogens (tertiary/aromatic N) is 2. The molecule has 2 aromatic rings. The van der Waals surface area contributed by atoms with Gasteiger partial charge in [-0.15, -0.1) is 0 Å². The fourth-order valence-corrected chi connectivity index (χ4v) is 2.69. The first-order valence-corrected chi connectivity index (χ1v) is 10.8. The predicted molar refractivity (Wildman–Crippen MR) is 121 cm³/mol. The monoisotopic (exact) mass is 402 g/mol. The fraction of sp³-hybridized carbons (Fsp3) is 0.609. The Labute approximate surface area is 177 Å². The van der Waals surface area contributed by atoms with E-state index in [1.165, 1.54) is 5.56 Å². The molecule has 1 unspecified atom stereocenters. The summed E-state index contributed by atoms with van der Waals surface area (Å²) in [7, 11) is -0.379. The molecule has 0 radical (unpaired) electrons. The third-order valence-corrected chi connectivity index (χ3v) is 5.07. The van der Waals surface area contributed by atoms with Crippen LogP contribution in [0.15, 0.2) is 42.7 Å². The molecule has 1 fully saturated rings. The van der Waals surface area contributed by atoms with E-state index in [1.54, 1.807) is 0 Å². The van der Waals surface area contributed by atoms with Crippen molar-refractivity contribution < 1.29 is 14.0 Å². The molecule has 2 heterocycles. The summed E-state index contributed by atoms with van der Waals surface area (Å²) in [6.45, 7) is 19.5. The van der Waals surface area contributed by atoms with Crippen LogP contribution in [0.2, 0.25) is 0 Å². The molecule has 0 spiro atoms. The van der Waals surface area contributed by atoms with Crippen molar-refractivity contribution in [2.45, 2.75) is 86.2 Å². The van der Waals surface area contributed by atoms with Gasteiger partial charge in [0.15, 0.2) is 0 Å². The molecule has 1 saturated heterocycles. The number of aromatic nitrogens is 2. The second kappa shape index (κ2) is 11.5. The molecule has 0 saturated carbocycles. The van der Waals surface area contributed by atoms with Gasteiger partial charge < -0.3 is 14.0 Å². The highest BCUT2D eigenvalue weighted by molar-refractivity contribution is 6.62. The first-order chi connectivity index (χ1) is 13.8. The first kappa shape index (κ1) is 25.4. The second-order valence-corrected chi connectivity index (χ2v) is 7.69. The average Bonchev–Trinajstić information content (AvgIpc) is 3.28. The molecule has 1 atom stereocenters. The topological polar surface area (TPSA) is 45.5 Å². The third kappa shape index (κ3) is 6.70. The minimum absolute atomic E-state index is 0.139. The van der Waals surface area contributed by atoms with Crippen LogP contribution in [-0.2, 0) is 20.7 Å². The summed E-state index contributed by atoms with van der Waals surface area (Å²) in [5, 5.41) is 4.46. The van der Waals surface area contributed by atoms with Crippen molar-refractivity contribution in [3.63, 3.8) is 0 Å².